The van der Waals surface area contributed by atoms with Gasteiger partial charge in [0, 0.05) is 0 Å². The fraction of sp³-hybridized carbons (Fsp3) is 0.889. The van der Waals surface area contributed by atoms with Crippen LogP contribution in [0.2, 0.25) is 0 Å². The lowest BCUT2D eigenvalue weighted by molar-refractivity contribution is -0.443. The van der Waals surface area contributed by atoms with E-state index in [9.17, 15) is 83.4 Å². The van der Waals surface area contributed by atoms with Gasteiger partial charge in [0.15, 0.2) is 0 Å². The largest absolute Gasteiger partial charge is 0.460 e. The van der Waals surface area contributed by atoms with Crippen molar-refractivity contribution in [2.75, 3.05) is 0 Å². The molecular formula is C9F19. The van der Waals surface area contributed by atoms with Crippen LogP contribution in [0.25, 0.3) is 0 Å². The Morgan fingerprint density at radius 3 is 0.786 bits per heavy atom. The van der Waals surface area contributed by atoms with Gasteiger partial charge in [-0.15, -0.1) is 0 Å². The lowest BCUT2D eigenvalue weighted by Gasteiger charge is -2.41. The summed E-state index contributed by atoms with van der Waals surface area (Å²) < 4.78 is 235. The molecular weight excluding hydrogens is 469 g/mol. The molecule has 1 radical (unpaired) electrons. The van der Waals surface area contributed by atoms with Crippen molar-refractivity contribution in [3.63, 3.8) is 0 Å². The van der Waals surface area contributed by atoms with Gasteiger partial charge in [0.05, 0.1) is 0 Å². The summed E-state index contributed by atoms with van der Waals surface area (Å²) in [5, 5.41) is 0. The number of alkyl halides is 19. The molecule has 0 fully saturated rings. The number of rotatable bonds is 5. The van der Waals surface area contributed by atoms with Crippen LogP contribution in [0.5, 0.6) is 0 Å². The molecule has 0 aliphatic carbocycles. The second-order valence-electron chi connectivity index (χ2n) is 4.74. The molecule has 0 nitrogen and oxygen atoms in total. The van der Waals surface area contributed by atoms with Gasteiger partial charge in [-0.1, -0.05) is 0 Å². The van der Waals surface area contributed by atoms with E-state index in [2.05, 4.69) is 0 Å². The Morgan fingerprint density at radius 1 is 0.321 bits per heavy atom. The first kappa shape index (κ1) is 26.7. The Balaban J connectivity index is 6.78. The van der Waals surface area contributed by atoms with Crippen molar-refractivity contribution >= 4 is 0 Å². The predicted octanol–water partition coefficient (Wildman–Crippen LogP) is 6.42. The quantitative estimate of drug-likeness (QED) is 0.408. The molecule has 0 amide bonds. The van der Waals surface area contributed by atoms with E-state index in [4.69, 9.17) is 0 Å². The zero-order valence-corrected chi connectivity index (χ0v) is 11.7. The highest BCUT2D eigenvalue weighted by molar-refractivity contribution is 5.24. The van der Waals surface area contributed by atoms with Gasteiger partial charge >= 0.3 is 48.1 Å². The molecule has 0 bridgehead atoms. The molecule has 0 saturated carbocycles. The smallest absolute Gasteiger partial charge is 0.198 e. The summed E-state index contributed by atoms with van der Waals surface area (Å²) in [7, 11) is 0. The minimum Gasteiger partial charge on any atom is -0.198 e. The normalized spacial score (nSPS) is 16.7. The molecule has 0 aromatic carbocycles. The molecule has 0 spiro atoms. The summed E-state index contributed by atoms with van der Waals surface area (Å²) in [5.74, 6) is -48.6. The standard InChI is InChI=1S/C9F19/c10-2(11,1(3(12,13)14)4(15,16)17)5(18,19)6(20,21)7(22,23)8(24,25)9(26,27)28. The van der Waals surface area contributed by atoms with E-state index in [0.717, 1.165) is 0 Å². The van der Waals surface area contributed by atoms with Crippen molar-refractivity contribution < 1.29 is 83.4 Å². The average molecular weight is 469 g/mol. The lowest BCUT2D eigenvalue weighted by Crippen LogP contribution is -2.72. The van der Waals surface area contributed by atoms with Gasteiger partial charge in [-0.2, -0.15) is 83.4 Å². The average Bonchev–Trinajstić information content (AvgIpc) is 2.31. The third-order valence-corrected chi connectivity index (χ3v) is 2.81. The van der Waals surface area contributed by atoms with Crippen molar-refractivity contribution in [3.8, 4) is 0 Å². The van der Waals surface area contributed by atoms with Crippen molar-refractivity contribution in [3.05, 3.63) is 5.92 Å². The predicted molar refractivity (Wildman–Crippen MR) is 46.1 cm³/mol. The number of hydrogen-bond donors (Lipinski definition) is 0. The summed E-state index contributed by atoms with van der Waals surface area (Å²) in [6.07, 6.45) is -23.2. The maximum Gasteiger partial charge on any atom is 0.460 e. The highest BCUT2D eigenvalue weighted by Gasteiger charge is 2.93. The molecule has 0 unspecified atom stereocenters. The minimum absolute atomic E-state index is 5.75. The molecule has 0 aliphatic rings. The summed E-state index contributed by atoms with van der Waals surface area (Å²) in [5.41, 5.74) is 0. The summed E-state index contributed by atoms with van der Waals surface area (Å²) >= 11 is 0. The third-order valence-electron chi connectivity index (χ3n) is 2.81. The Kier molecular flexibility index (Phi) is 6.03. The third kappa shape index (κ3) is 3.63. The van der Waals surface area contributed by atoms with Crippen molar-refractivity contribution in [2.45, 2.75) is 48.1 Å². The Bertz CT molecular complexity index is 541. The summed E-state index contributed by atoms with van der Waals surface area (Å²) in [6, 6.07) is 0. The van der Waals surface area contributed by atoms with E-state index < -0.39 is 54.1 Å². The topological polar surface area (TPSA) is 0 Å². The second kappa shape index (κ2) is 6.33. The van der Waals surface area contributed by atoms with Crippen molar-refractivity contribution in [1.82, 2.24) is 0 Å². The second-order valence-corrected chi connectivity index (χ2v) is 4.74. The summed E-state index contributed by atoms with van der Waals surface area (Å²) in [6.45, 7) is 0. The molecule has 0 aromatic heterocycles. The maximum atomic E-state index is 13.0. The van der Waals surface area contributed by atoms with Crippen LogP contribution in [0.4, 0.5) is 83.4 Å². The number of hydrogen-bond acceptors (Lipinski definition) is 0. The first-order chi connectivity index (χ1) is 11.6. The monoisotopic (exact) mass is 469 g/mol. The van der Waals surface area contributed by atoms with Crippen molar-refractivity contribution in [2.24, 2.45) is 0 Å². The fourth-order valence-corrected chi connectivity index (χ4v) is 1.44. The molecule has 0 rings (SSSR count). The van der Waals surface area contributed by atoms with Gasteiger partial charge in [0.1, 0.15) is 0 Å². The zero-order valence-electron chi connectivity index (χ0n) is 11.7. The molecule has 169 valence electrons. The van der Waals surface area contributed by atoms with Gasteiger partial charge in [-0.25, -0.2) is 0 Å². The van der Waals surface area contributed by atoms with E-state index in [-0.39, 0.29) is 0 Å². The lowest BCUT2D eigenvalue weighted by atomic mass is 9.86. The van der Waals surface area contributed by atoms with Crippen LogP contribution in [0.15, 0.2) is 0 Å². The first-order valence-electron chi connectivity index (χ1n) is 5.59. The summed E-state index contributed by atoms with van der Waals surface area (Å²) in [4.78, 5) is 0. The van der Waals surface area contributed by atoms with Gasteiger partial charge in [-0.3, -0.25) is 0 Å². The van der Waals surface area contributed by atoms with Crippen LogP contribution in [-0.4, -0.2) is 48.1 Å². The van der Waals surface area contributed by atoms with Crippen LogP contribution >= 0.6 is 0 Å². The highest BCUT2D eigenvalue weighted by Crippen LogP contribution is 2.64. The molecule has 28 heavy (non-hydrogen) atoms. The van der Waals surface area contributed by atoms with Gasteiger partial charge in [-0.05, 0) is 0 Å². The SMILES string of the molecule is FC(F)(F)[C](C(F)(F)F)C(F)(F)C(F)(F)C(F)(F)C(F)(F)C(F)(F)C(F)(F)F. The minimum atomic E-state index is -8.77. The Labute approximate surface area is 139 Å². The zero-order chi connectivity index (χ0) is 23.6. The Morgan fingerprint density at radius 2 is 0.571 bits per heavy atom. The van der Waals surface area contributed by atoms with Crippen LogP contribution in [0.3, 0.4) is 0 Å². The van der Waals surface area contributed by atoms with Crippen LogP contribution in [0.1, 0.15) is 0 Å². The van der Waals surface area contributed by atoms with Gasteiger partial charge in [0.25, 0.3) is 5.92 Å². The maximum absolute atomic E-state index is 13.0. The van der Waals surface area contributed by atoms with Gasteiger partial charge < -0.3 is 0 Å². The van der Waals surface area contributed by atoms with E-state index in [1.807, 2.05) is 0 Å². The van der Waals surface area contributed by atoms with E-state index in [1.165, 1.54) is 0 Å². The molecule has 19 heteroatoms. The fourth-order valence-electron chi connectivity index (χ4n) is 1.44. The van der Waals surface area contributed by atoms with Crippen LogP contribution in [-0.2, 0) is 0 Å². The molecule has 0 aliphatic heterocycles. The highest BCUT2D eigenvalue weighted by atomic mass is 19.4. The molecule has 0 atom stereocenters. The first-order valence-corrected chi connectivity index (χ1v) is 5.59. The van der Waals surface area contributed by atoms with Crippen LogP contribution < -0.4 is 0 Å². The van der Waals surface area contributed by atoms with E-state index >= 15 is 0 Å². The van der Waals surface area contributed by atoms with Gasteiger partial charge in [0.2, 0.25) is 0 Å². The molecule has 0 heterocycles. The van der Waals surface area contributed by atoms with E-state index in [1.54, 1.807) is 0 Å². The Hall–Kier alpha value is -1.33. The number of halogens is 19. The van der Waals surface area contributed by atoms with Crippen LogP contribution in [0, 0.1) is 5.92 Å². The molecule has 0 N–H and O–H groups in total. The van der Waals surface area contributed by atoms with E-state index in [0.29, 0.717) is 0 Å². The van der Waals surface area contributed by atoms with Crippen molar-refractivity contribution in [1.29, 1.82) is 0 Å². The molecule has 0 saturated heterocycles. The molecule has 0 aromatic rings.